The Labute approximate surface area is 349 Å². The van der Waals surface area contributed by atoms with Gasteiger partial charge in [-0.15, -0.1) is 0 Å². The zero-order valence-corrected chi connectivity index (χ0v) is 34.8. The summed E-state index contributed by atoms with van der Waals surface area (Å²) in [6, 6.07) is 12.3. The molecule has 59 heavy (non-hydrogen) atoms. The van der Waals surface area contributed by atoms with Crippen molar-refractivity contribution in [1.82, 2.24) is 10.2 Å². The number of nitrogens with zero attached hydrogens (tertiary/aromatic N) is 1. The number of nitrogens with one attached hydrogen (secondary N) is 2. The average Bonchev–Trinajstić information content (AvgIpc) is 3.49. The van der Waals surface area contributed by atoms with Crippen LogP contribution < -0.4 is 15.4 Å². The van der Waals surface area contributed by atoms with Crippen molar-refractivity contribution in [2.75, 3.05) is 111 Å². The Kier molecular flexibility index (Phi) is 23.7. The van der Waals surface area contributed by atoms with Crippen molar-refractivity contribution < 1.29 is 57.1 Å². The fourth-order valence-electron chi connectivity index (χ4n) is 6.60. The number of carbonyl (C=O) groups is 4. The van der Waals surface area contributed by atoms with Gasteiger partial charge in [0.25, 0.3) is 11.8 Å². The summed E-state index contributed by atoms with van der Waals surface area (Å²) >= 11 is 0. The van der Waals surface area contributed by atoms with E-state index in [1.807, 2.05) is 12.1 Å². The number of anilines is 1. The molecule has 0 radical (unpaired) electrons. The van der Waals surface area contributed by atoms with Gasteiger partial charge in [0.15, 0.2) is 0 Å². The van der Waals surface area contributed by atoms with Crippen molar-refractivity contribution in [3.05, 3.63) is 59.2 Å². The summed E-state index contributed by atoms with van der Waals surface area (Å²) in [4.78, 5) is 50.9. The zero-order chi connectivity index (χ0) is 41.8. The summed E-state index contributed by atoms with van der Waals surface area (Å²) in [5.74, 6) is -1.28. The number of hydrogen-bond acceptors (Lipinski definition) is 13. The van der Waals surface area contributed by atoms with Crippen LogP contribution in [0.1, 0.15) is 91.0 Å². The van der Waals surface area contributed by atoms with Gasteiger partial charge in [-0.1, -0.05) is 63.6 Å². The molecule has 15 nitrogen and oxygen atoms in total. The van der Waals surface area contributed by atoms with E-state index in [0.717, 1.165) is 17.1 Å². The lowest BCUT2D eigenvalue weighted by Crippen LogP contribution is -2.54. The van der Waals surface area contributed by atoms with E-state index in [1.165, 1.54) is 50.5 Å². The monoisotopic (exact) mass is 827 g/mol. The van der Waals surface area contributed by atoms with Crippen LogP contribution in [-0.4, -0.2) is 140 Å². The van der Waals surface area contributed by atoms with E-state index in [1.54, 1.807) is 18.2 Å². The fraction of sp³-hybridized carbons (Fsp3) is 0.636. The van der Waals surface area contributed by atoms with Gasteiger partial charge in [-0.05, 0) is 49.1 Å². The molecule has 2 N–H and O–H groups in total. The molecular weight excluding hydrogens is 762 g/mol. The Morgan fingerprint density at radius 1 is 0.610 bits per heavy atom. The van der Waals surface area contributed by atoms with Gasteiger partial charge >= 0.3 is 0 Å². The highest BCUT2D eigenvalue weighted by atomic mass is 16.6. The Morgan fingerprint density at radius 3 is 1.69 bits per heavy atom. The minimum atomic E-state index is -1.01. The number of hydrogen-bond donors (Lipinski definition) is 2. The Balaban J connectivity index is 0.853. The number of unbranched alkanes of at least 4 members (excludes halogenated alkanes) is 6. The normalized spacial score (nSPS) is 15.2. The number of aryl methyl sites for hydroxylation is 1. The third-order valence-corrected chi connectivity index (χ3v) is 9.75. The van der Waals surface area contributed by atoms with Gasteiger partial charge in [0.1, 0.15) is 18.4 Å². The molecule has 2 aliphatic rings. The number of imide groups is 2. The molecule has 0 spiro atoms. The van der Waals surface area contributed by atoms with Crippen LogP contribution in [0.3, 0.4) is 0 Å². The second kappa shape index (κ2) is 29.3. The first-order valence-corrected chi connectivity index (χ1v) is 21.3. The molecule has 2 heterocycles. The van der Waals surface area contributed by atoms with Gasteiger partial charge in [0.2, 0.25) is 11.8 Å². The zero-order valence-electron chi connectivity index (χ0n) is 34.8. The van der Waals surface area contributed by atoms with Crippen molar-refractivity contribution >= 4 is 29.3 Å². The van der Waals surface area contributed by atoms with Crippen LogP contribution in [0.4, 0.5) is 5.69 Å². The van der Waals surface area contributed by atoms with Crippen molar-refractivity contribution in [2.45, 2.75) is 77.2 Å². The van der Waals surface area contributed by atoms with E-state index in [9.17, 15) is 19.2 Å². The Morgan fingerprint density at radius 2 is 1.14 bits per heavy atom. The second-order valence-electron chi connectivity index (χ2n) is 14.3. The summed E-state index contributed by atoms with van der Waals surface area (Å²) in [6.45, 7) is 9.48. The number of fused-ring (bicyclic) bond motifs is 1. The van der Waals surface area contributed by atoms with Gasteiger partial charge in [-0.25, -0.2) is 0 Å². The van der Waals surface area contributed by atoms with Crippen LogP contribution in [0.2, 0.25) is 0 Å². The fourth-order valence-corrected chi connectivity index (χ4v) is 6.60. The highest BCUT2D eigenvalue weighted by Crippen LogP contribution is 2.32. The topological polar surface area (TPSA) is 169 Å². The van der Waals surface area contributed by atoms with E-state index in [4.69, 9.17) is 37.9 Å². The van der Waals surface area contributed by atoms with Crippen molar-refractivity contribution in [3.63, 3.8) is 0 Å². The summed E-state index contributed by atoms with van der Waals surface area (Å²) in [5, 5.41) is 5.34. The first-order chi connectivity index (χ1) is 29.0. The number of rotatable bonds is 35. The number of carbonyl (C=O) groups excluding carboxylic acids is 4. The van der Waals surface area contributed by atoms with Crippen LogP contribution in [-0.2, 0) is 49.2 Å². The summed E-state index contributed by atoms with van der Waals surface area (Å²) < 4.78 is 44.7. The van der Waals surface area contributed by atoms with Crippen molar-refractivity contribution in [1.29, 1.82) is 0 Å². The molecule has 0 aliphatic carbocycles. The van der Waals surface area contributed by atoms with Crippen LogP contribution in [0.15, 0.2) is 42.5 Å². The first kappa shape index (κ1) is 47.7. The number of amides is 4. The smallest absolute Gasteiger partial charge is 0.264 e. The lowest BCUT2D eigenvalue weighted by Gasteiger charge is -2.27. The minimum Gasteiger partial charge on any atom is -0.491 e. The van der Waals surface area contributed by atoms with Crippen LogP contribution in [0.25, 0.3) is 0 Å². The molecule has 328 valence electrons. The highest BCUT2D eigenvalue weighted by Gasteiger charge is 2.45. The molecule has 1 atom stereocenters. The van der Waals surface area contributed by atoms with E-state index in [0.29, 0.717) is 111 Å². The molecule has 4 rings (SSSR count). The first-order valence-electron chi connectivity index (χ1n) is 21.3. The maximum atomic E-state index is 13.2. The number of benzene rings is 2. The molecule has 15 heteroatoms. The summed E-state index contributed by atoms with van der Waals surface area (Å²) in [7, 11) is 0. The van der Waals surface area contributed by atoms with Gasteiger partial charge in [0, 0.05) is 18.7 Å². The lowest BCUT2D eigenvalue weighted by atomic mass is 10.0. The van der Waals surface area contributed by atoms with Crippen LogP contribution >= 0.6 is 0 Å². The SMILES string of the molecule is CCCCCCCCCc1ccc(OCCOCCOCCOCCOCCOCCOCCOCCNc2cccc3c2C(=O)N(C2CCC(=O)NC2=O)C3=O)cc1. The van der Waals surface area contributed by atoms with E-state index in [-0.39, 0.29) is 24.0 Å². The minimum absolute atomic E-state index is 0.0680. The van der Waals surface area contributed by atoms with Crippen LogP contribution in [0.5, 0.6) is 5.75 Å². The molecule has 1 fully saturated rings. The molecule has 2 aromatic rings. The van der Waals surface area contributed by atoms with E-state index >= 15 is 0 Å². The maximum absolute atomic E-state index is 13.2. The van der Waals surface area contributed by atoms with Gasteiger partial charge in [0.05, 0.1) is 104 Å². The van der Waals surface area contributed by atoms with E-state index < -0.39 is 29.7 Å². The average molecular weight is 828 g/mol. The van der Waals surface area contributed by atoms with E-state index in [2.05, 4.69) is 29.7 Å². The molecule has 4 amide bonds. The highest BCUT2D eigenvalue weighted by molar-refractivity contribution is 6.25. The molecule has 0 bridgehead atoms. The predicted molar refractivity (Wildman–Crippen MR) is 221 cm³/mol. The molecule has 0 saturated carbocycles. The molecule has 2 aromatic carbocycles. The molecule has 0 aromatic heterocycles. The third kappa shape index (κ3) is 18.1. The second-order valence-corrected chi connectivity index (χ2v) is 14.3. The molecule has 2 aliphatic heterocycles. The molecular formula is C44H65N3O12. The van der Waals surface area contributed by atoms with Gasteiger partial charge in [-0.2, -0.15) is 0 Å². The largest absolute Gasteiger partial charge is 0.491 e. The number of piperidine rings is 1. The quantitative estimate of drug-likeness (QED) is 0.0705. The van der Waals surface area contributed by atoms with Gasteiger partial charge in [-0.3, -0.25) is 29.4 Å². The summed E-state index contributed by atoms with van der Waals surface area (Å²) in [6.07, 6.45) is 10.6. The van der Waals surface area contributed by atoms with Crippen molar-refractivity contribution in [3.8, 4) is 5.75 Å². The molecule has 1 unspecified atom stereocenters. The van der Waals surface area contributed by atoms with Crippen LogP contribution in [0, 0.1) is 0 Å². The van der Waals surface area contributed by atoms with Crippen molar-refractivity contribution in [2.24, 2.45) is 0 Å². The standard InChI is InChI=1S/C44H65N3O12/c1-2-3-4-5-6-7-8-10-35-13-15-36(16-14-35)59-34-33-58-32-31-57-30-29-56-28-27-55-26-25-54-24-23-53-22-21-52-20-19-45-38-12-9-11-37-41(38)44(51)47(43(37)50)39-17-18-40(48)46-42(39)49/h9,11-16,39,45H,2-8,10,17-34H2,1H3,(H,46,48,49). The Bertz CT molecular complexity index is 1520. The molecule has 1 saturated heterocycles. The summed E-state index contributed by atoms with van der Waals surface area (Å²) in [5.41, 5.74) is 2.29. The third-order valence-electron chi connectivity index (χ3n) is 9.75. The predicted octanol–water partition coefficient (Wildman–Crippen LogP) is 4.99. The van der Waals surface area contributed by atoms with Gasteiger partial charge < -0.3 is 43.2 Å². The lowest BCUT2D eigenvalue weighted by molar-refractivity contribution is -0.136. The number of ether oxygens (including phenoxy) is 8. The Hall–Kier alpha value is -3.96. The maximum Gasteiger partial charge on any atom is 0.264 e.